The lowest BCUT2D eigenvalue weighted by molar-refractivity contribution is -0.130. The topological polar surface area (TPSA) is 56.7 Å². The number of halogens is 1. The van der Waals surface area contributed by atoms with Crippen LogP contribution < -0.4 is 10.6 Å². The van der Waals surface area contributed by atoms with Crippen molar-refractivity contribution in [3.63, 3.8) is 0 Å². The van der Waals surface area contributed by atoms with Crippen LogP contribution in [0.3, 0.4) is 0 Å². The first kappa shape index (κ1) is 22.2. The van der Waals surface area contributed by atoms with Gasteiger partial charge in [-0.1, -0.05) is 13.0 Å². The Morgan fingerprint density at radius 3 is 2.89 bits per heavy atom. The fourth-order valence-electron chi connectivity index (χ4n) is 2.97. The third-order valence-electron chi connectivity index (χ3n) is 4.48. The largest absolute Gasteiger partial charge is 0.357 e. The van der Waals surface area contributed by atoms with Gasteiger partial charge in [-0.3, -0.25) is 4.79 Å². The van der Waals surface area contributed by atoms with Gasteiger partial charge in [0.25, 0.3) is 0 Å². The molecule has 1 aliphatic heterocycles. The van der Waals surface area contributed by atoms with Gasteiger partial charge in [-0.05, 0) is 41.8 Å². The molecule has 2 aromatic heterocycles. The predicted molar refractivity (Wildman–Crippen MR) is 126 cm³/mol. The van der Waals surface area contributed by atoms with E-state index in [4.69, 9.17) is 0 Å². The molecule has 148 valence electrons. The zero-order valence-electron chi connectivity index (χ0n) is 15.7. The first-order valence-electron chi connectivity index (χ1n) is 9.06. The van der Waals surface area contributed by atoms with Crippen LogP contribution >= 0.6 is 46.7 Å². The Kier molecular flexibility index (Phi) is 9.04. The summed E-state index contributed by atoms with van der Waals surface area (Å²) in [6, 6.07) is 6.35. The third-order valence-corrected chi connectivity index (χ3v) is 6.61. The number of hydrogen-bond acceptors (Lipinski definition) is 4. The Morgan fingerprint density at radius 1 is 1.30 bits per heavy atom. The smallest absolute Gasteiger partial charge is 0.244 e. The first-order valence-corrected chi connectivity index (χ1v) is 10.8. The molecule has 1 unspecified atom stereocenters. The van der Waals surface area contributed by atoms with Crippen LogP contribution in [0.1, 0.15) is 35.1 Å². The second-order valence-electron chi connectivity index (χ2n) is 6.43. The Morgan fingerprint density at radius 2 is 2.15 bits per heavy atom. The van der Waals surface area contributed by atoms with Crippen LogP contribution in [-0.4, -0.2) is 42.9 Å². The normalized spacial score (nSPS) is 14.9. The average molecular weight is 518 g/mol. The fourth-order valence-corrected chi connectivity index (χ4v) is 4.65. The van der Waals surface area contributed by atoms with Gasteiger partial charge in [0, 0.05) is 41.9 Å². The van der Waals surface area contributed by atoms with Crippen LogP contribution in [0.25, 0.3) is 0 Å². The van der Waals surface area contributed by atoms with Crippen molar-refractivity contribution in [1.82, 2.24) is 15.5 Å². The van der Waals surface area contributed by atoms with E-state index in [9.17, 15) is 4.79 Å². The van der Waals surface area contributed by atoms with Crippen LogP contribution in [0.4, 0.5) is 0 Å². The van der Waals surface area contributed by atoms with E-state index < -0.39 is 0 Å². The molecule has 0 radical (unpaired) electrons. The maximum Gasteiger partial charge on any atom is 0.244 e. The summed E-state index contributed by atoms with van der Waals surface area (Å²) in [6.07, 6.45) is 0.957. The Labute approximate surface area is 186 Å². The number of aliphatic imine (C=N–C) groups is 1. The van der Waals surface area contributed by atoms with Crippen LogP contribution in [0, 0.1) is 0 Å². The van der Waals surface area contributed by atoms with Gasteiger partial charge in [-0.15, -0.1) is 46.7 Å². The van der Waals surface area contributed by atoms with E-state index in [1.807, 2.05) is 11.8 Å². The molecule has 27 heavy (non-hydrogen) atoms. The van der Waals surface area contributed by atoms with E-state index in [0.717, 1.165) is 26.1 Å². The van der Waals surface area contributed by atoms with Gasteiger partial charge in [0.1, 0.15) is 6.54 Å². The number of hydrogen-bond donors (Lipinski definition) is 2. The Balaban J connectivity index is 0.00000261. The van der Waals surface area contributed by atoms with E-state index in [1.165, 1.54) is 15.3 Å². The summed E-state index contributed by atoms with van der Waals surface area (Å²) in [7, 11) is 0. The number of amides is 1. The van der Waals surface area contributed by atoms with Gasteiger partial charge < -0.3 is 15.5 Å². The van der Waals surface area contributed by atoms with Gasteiger partial charge in [0.15, 0.2) is 5.96 Å². The highest BCUT2D eigenvalue weighted by Crippen LogP contribution is 2.24. The molecule has 0 bridgehead atoms. The Bertz CT molecular complexity index is 745. The highest BCUT2D eigenvalue weighted by atomic mass is 127. The molecule has 1 aliphatic rings. The lowest BCUT2D eigenvalue weighted by Gasteiger charge is -2.26. The predicted octanol–water partition coefficient (Wildman–Crippen LogP) is 3.67. The summed E-state index contributed by atoms with van der Waals surface area (Å²) in [6.45, 7) is 7.48. The molecular weight excluding hydrogens is 491 g/mol. The summed E-state index contributed by atoms with van der Waals surface area (Å²) in [5.41, 5.74) is 1.29. The molecule has 2 aromatic rings. The highest BCUT2D eigenvalue weighted by molar-refractivity contribution is 14.0. The van der Waals surface area contributed by atoms with Crippen molar-refractivity contribution in [3.05, 3.63) is 44.3 Å². The number of nitrogens with zero attached hydrogens (tertiary/aromatic N) is 2. The molecule has 5 nitrogen and oxygen atoms in total. The molecule has 1 atom stereocenters. The number of rotatable bonds is 6. The van der Waals surface area contributed by atoms with Crippen LogP contribution in [0.2, 0.25) is 0 Å². The summed E-state index contributed by atoms with van der Waals surface area (Å²) in [5.74, 6) is 1.21. The zero-order chi connectivity index (χ0) is 18.4. The molecule has 0 fully saturated rings. The molecule has 2 N–H and O–H groups in total. The number of thiophene rings is 2. The maximum atomic E-state index is 12.5. The van der Waals surface area contributed by atoms with Crippen molar-refractivity contribution < 1.29 is 4.79 Å². The first-order chi connectivity index (χ1) is 12.7. The van der Waals surface area contributed by atoms with Gasteiger partial charge in [0.2, 0.25) is 5.91 Å². The molecule has 0 saturated carbocycles. The molecule has 1 amide bonds. The highest BCUT2D eigenvalue weighted by Gasteiger charge is 2.21. The summed E-state index contributed by atoms with van der Waals surface area (Å²) < 4.78 is 0. The van der Waals surface area contributed by atoms with Crippen molar-refractivity contribution >= 4 is 58.5 Å². The Hall–Kier alpha value is -1.13. The molecule has 3 heterocycles. The van der Waals surface area contributed by atoms with Gasteiger partial charge in [-0.2, -0.15) is 0 Å². The van der Waals surface area contributed by atoms with Crippen LogP contribution in [0.5, 0.6) is 0 Å². The van der Waals surface area contributed by atoms with E-state index in [0.29, 0.717) is 18.4 Å². The van der Waals surface area contributed by atoms with Crippen molar-refractivity contribution in [2.75, 3.05) is 26.2 Å². The van der Waals surface area contributed by atoms with E-state index >= 15 is 0 Å². The SMILES string of the molecule is CCNC(=NCC(=O)N1CCc2sccc2C1)NCC(C)c1cccs1.I. The van der Waals surface area contributed by atoms with Gasteiger partial charge in [0.05, 0.1) is 0 Å². The minimum absolute atomic E-state index is 0. The number of guanidine groups is 1. The molecular formula is C19H27IN4OS2. The number of nitrogens with one attached hydrogen (secondary N) is 2. The molecule has 8 heteroatoms. The summed E-state index contributed by atoms with van der Waals surface area (Å²) in [4.78, 5) is 21.7. The zero-order valence-corrected chi connectivity index (χ0v) is 19.7. The minimum Gasteiger partial charge on any atom is -0.357 e. The van der Waals surface area contributed by atoms with Crippen LogP contribution in [-0.2, 0) is 17.8 Å². The summed E-state index contributed by atoms with van der Waals surface area (Å²) in [5, 5.41) is 10.8. The lowest BCUT2D eigenvalue weighted by Crippen LogP contribution is -2.41. The third kappa shape index (κ3) is 6.18. The van der Waals surface area contributed by atoms with E-state index in [-0.39, 0.29) is 36.4 Å². The number of carbonyl (C=O) groups is 1. The molecule has 0 saturated heterocycles. The number of fused-ring (bicyclic) bond motifs is 1. The number of carbonyl (C=O) groups excluding carboxylic acids is 1. The monoisotopic (exact) mass is 518 g/mol. The fraction of sp³-hybridized carbons (Fsp3) is 0.474. The molecule has 3 rings (SSSR count). The van der Waals surface area contributed by atoms with Crippen molar-refractivity contribution in [1.29, 1.82) is 0 Å². The maximum absolute atomic E-state index is 12.5. The standard InChI is InChI=1S/C19H26N4OS2.HI/c1-3-20-19(21-11-14(2)16-5-4-9-25-16)22-12-18(24)23-8-6-17-15(13-23)7-10-26-17;/h4-5,7,9-10,14H,3,6,8,11-13H2,1-2H3,(H2,20,21,22);1H. The molecule has 0 spiro atoms. The molecule has 0 aliphatic carbocycles. The van der Waals surface area contributed by atoms with Gasteiger partial charge >= 0.3 is 0 Å². The van der Waals surface area contributed by atoms with Gasteiger partial charge in [-0.25, -0.2) is 4.99 Å². The summed E-state index contributed by atoms with van der Waals surface area (Å²) >= 11 is 3.56. The van der Waals surface area contributed by atoms with E-state index in [1.54, 1.807) is 22.7 Å². The van der Waals surface area contributed by atoms with Crippen molar-refractivity contribution in [2.45, 2.75) is 32.7 Å². The van der Waals surface area contributed by atoms with E-state index in [2.05, 4.69) is 51.5 Å². The van der Waals surface area contributed by atoms with Crippen molar-refractivity contribution in [3.8, 4) is 0 Å². The molecule has 0 aromatic carbocycles. The second-order valence-corrected chi connectivity index (χ2v) is 8.41. The lowest BCUT2D eigenvalue weighted by atomic mass is 10.1. The van der Waals surface area contributed by atoms with Crippen molar-refractivity contribution in [2.24, 2.45) is 4.99 Å². The van der Waals surface area contributed by atoms with Crippen LogP contribution in [0.15, 0.2) is 34.0 Å². The quantitative estimate of drug-likeness (QED) is 0.349. The minimum atomic E-state index is 0. The second kappa shape index (κ2) is 11.0. The average Bonchev–Trinajstić information content (AvgIpc) is 3.34.